The highest BCUT2D eigenvalue weighted by Gasteiger charge is 2.33. The van der Waals surface area contributed by atoms with Gasteiger partial charge in [-0.3, -0.25) is 13.9 Å². The maximum absolute atomic E-state index is 14.1. The number of carbonyl (C=O) groups excluding carboxylic acids is 2. The zero-order valence-electron chi connectivity index (χ0n) is 23.2. The second-order valence-corrected chi connectivity index (χ2v) is 13.6. The SMILES string of the molecule is Cc1ccccc1N(CC(=O)N(Cc1cccc(Br)c1)[C@@H](C)C(=O)NC1CCCCC1)S(=O)(=O)c1ccc(Cl)cc1. The second kappa shape index (κ2) is 13.9. The Kier molecular flexibility index (Phi) is 10.5. The summed E-state index contributed by atoms with van der Waals surface area (Å²) in [5, 5.41) is 3.52. The summed E-state index contributed by atoms with van der Waals surface area (Å²) in [6.07, 6.45) is 5.12. The normalized spacial score (nSPS) is 14.7. The molecule has 41 heavy (non-hydrogen) atoms. The first-order chi connectivity index (χ1) is 19.6. The molecule has 0 spiro atoms. The molecule has 7 nitrogen and oxygen atoms in total. The van der Waals surface area contributed by atoms with Crippen LogP contribution >= 0.6 is 27.5 Å². The molecule has 1 aliphatic rings. The molecule has 2 amide bonds. The number of nitrogens with one attached hydrogen (secondary N) is 1. The molecule has 10 heteroatoms. The molecular formula is C31H35BrClN3O4S. The molecule has 0 saturated heterocycles. The molecule has 3 aromatic rings. The molecule has 1 saturated carbocycles. The number of hydrogen-bond acceptors (Lipinski definition) is 4. The highest BCUT2D eigenvalue weighted by atomic mass is 79.9. The van der Waals surface area contributed by atoms with Crippen LogP contribution in [-0.4, -0.2) is 43.8 Å². The van der Waals surface area contributed by atoms with Crippen LogP contribution < -0.4 is 9.62 Å². The number of halogens is 2. The van der Waals surface area contributed by atoms with E-state index in [0.717, 1.165) is 46.4 Å². The summed E-state index contributed by atoms with van der Waals surface area (Å²) < 4.78 is 29.9. The fourth-order valence-corrected chi connectivity index (χ4v) is 7.13. The highest BCUT2D eigenvalue weighted by Crippen LogP contribution is 2.28. The Morgan fingerprint density at radius 2 is 1.68 bits per heavy atom. The van der Waals surface area contributed by atoms with E-state index in [-0.39, 0.29) is 23.4 Å². The van der Waals surface area contributed by atoms with Gasteiger partial charge in [0, 0.05) is 22.1 Å². The molecule has 0 radical (unpaired) electrons. The van der Waals surface area contributed by atoms with Crippen LogP contribution in [0.3, 0.4) is 0 Å². The molecule has 0 bridgehead atoms. The summed E-state index contributed by atoms with van der Waals surface area (Å²) >= 11 is 9.50. The third-order valence-corrected chi connectivity index (χ3v) is 9.94. The molecule has 0 aromatic heterocycles. The van der Waals surface area contributed by atoms with Gasteiger partial charge in [-0.05, 0) is 80.3 Å². The maximum atomic E-state index is 14.1. The number of sulfonamides is 1. The van der Waals surface area contributed by atoms with E-state index < -0.39 is 28.5 Å². The van der Waals surface area contributed by atoms with E-state index in [1.165, 1.54) is 29.2 Å². The molecular weight excluding hydrogens is 626 g/mol. The minimum Gasteiger partial charge on any atom is -0.352 e. The van der Waals surface area contributed by atoms with Gasteiger partial charge in [0.2, 0.25) is 11.8 Å². The van der Waals surface area contributed by atoms with Crippen molar-refractivity contribution in [1.82, 2.24) is 10.2 Å². The minimum atomic E-state index is -4.15. The Morgan fingerprint density at radius 3 is 2.34 bits per heavy atom. The molecule has 0 unspecified atom stereocenters. The van der Waals surface area contributed by atoms with Crippen molar-refractivity contribution in [2.75, 3.05) is 10.8 Å². The summed E-state index contributed by atoms with van der Waals surface area (Å²) in [5.74, 6) is -0.736. The Hall–Kier alpha value is -2.88. The first-order valence-electron chi connectivity index (χ1n) is 13.7. The first kappa shape index (κ1) is 31.1. The van der Waals surface area contributed by atoms with Gasteiger partial charge in [-0.2, -0.15) is 0 Å². The summed E-state index contributed by atoms with van der Waals surface area (Å²) in [6, 6.07) is 19.6. The molecule has 1 fully saturated rings. The second-order valence-electron chi connectivity index (χ2n) is 10.4. The molecule has 1 N–H and O–H groups in total. The Morgan fingerprint density at radius 1 is 1.00 bits per heavy atom. The van der Waals surface area contributed by atoms with Crippen molar-refractivity contribution < 1.29 is 18.0 Å². The van der Waals surface area contributed by atoms with E-state index >= 15 is 0 Å². The van der Waals surface area contributed by atoms with Gasteiger partial charge in [-0.15, -0.1) is 0 Å². The van der Waals surface area contributed by atoms with Gasteiger partial charge in [-0.1, -0.05) is 77.1 Å². The van der Waals surface area contributed by atoms with Crippen molar-refractivity contribution in [1.29, 1.82) is 0 Å². The maximum Gasteiger partial charge on any atom is 0.264 e. The van der Waals surface area contributed by atoms with Crippen LogP contribution in [0.2, 0.25) is 5.02 Å². The molecule has 218 valence electrons. The zero-order chi connectivity index (χ0) is 29.6. The average molecular weight is 661 g/mol. The lowest BCUT2D eigenvalue weighted by atomic mass is 9.95. The average Bonchev–Trinajstić information content (AvgIpc) is 2.95. The summed E-state index contributed by atoms with van der Waals surface area (Å²) in [7, 11) is -4.15. The number of carbonyl (C=O) groups is 2. The topological polar surface area (TPSA) is 86.8 Å². The highest BCUT2D eigenvalue weighted by molar-refractivity contribution is 9.10. The van der Waals surface area contributed by atoms with E-state index in [1.807, 2.05) is 30.3 Å². The van der Waals surface area contributed by atoms with Crippen molar-refractivity contribution in [3.8, 4) is 0 Å². The van der Waals surface area contributed by atoms with Crippen molar-refractivity contribution in [3.63, 3.8) is 0 Å². The molecule has 1 aliphatic carbocycles. The van der Waals surface area contributed by atoms with E-state index in [1.54, 1.807) is 32.0 Å². The van der Waals surface area contributed by atoms with Gasteiger partial charge in [0.05, 0.1) is 10.6 Å². The number of hydrogen-bond donors (Lipinski definition) is 1. The van der Waals surface area contributed by atoms with Crippen LogP contribution in [0.5, 0.6) is 0 Å². The van der Waals surface area contributed by atoms with Crippen LogP contribution in [0.25, 0.3) is 0 Å². The van der Waals surface area contributed by atoms with Crippen LogP contribution in [0.15, 0.2) is 82.2 Å². The number of aryl methyl sites for hydroxylation is 1. The molecule has 4 rings (SSSR count). The number of para-hydroxylation sites is 1. The fraction of sp³-hybridized carbons (Fsp3) is 0.355. The van der Waals surface area contributed by atoms with Crippen molar-refractivity contribution in [2.24, 2.45) is 0 Å². The van der Waals surface area contributed by atoms with Gasteiger partial charge in [0.1, 0.15) is 12.6 Å². The fourth-order valence-electron chi connectivity index (χ4n) is 5.07. The van der Waals surface area contributed by atoms with Crippen LogP contribution in [-0.2, 0) is 26.2 Å². The van der Waals surface area contributed by atoms with Crippen LogP contribution in [0.1, 0.15) is 50.2 Å². The first-order valence-corrected chi connectivity index (χ1v) is 16.4. The van der Waals surface area contributed by atoms with Gasteiger partial charge >= 0.3 is 0 Å². The number of benzene rings is 3. The minimum absolute atomic E-state index is 0.0135. The third kappa shape index (κ3) is 7.90. The lowest BCUT2D eigenvalue weighted by molar-refractivity contribution is -0.139. The predicted octanol–water partition coefficient (Wildman–Crippen LogP) is 6.47. The van der Waals surface area contributed by atoms with Gasteiger partial charge < -0.3 is 10.2 Å². The predicted molar refractivity (Wildman–Crippen MR) is 166 cm³/mol. The number of rotatable bonds is 10. The van der Waals surface area contributed by atoms with Gasteiger partial charge in [0.15, 0.2) is 0 Å². The van der Waals surface area contributed by atoms with Crippen LogP contribution in [0, 0.1) is 6.92 Å². The van der Waals surface area contributed by atoms with Crippen LogP contribution in [0.4, 0.5) is 5.69 Å². The third-order valence-electron chi connectivity index (χ3n) is 7.43. The number of amides is 2. The summed E-state index contributed by atoms with van der Waals surface area (Å²) in [6.45, 7) is 3.15. The molecule has 0 aliphatic heterocycles. The Balaban J connectivity index is 1.68. The largest absolute Gasteiger partial charge is 0.352 e. The lowest BCUT2D eigenvalue weighted by Crippen LogP contribution is -2.53. The van der Waals surface area contributed by atoms with Crippen molar-refractivity contribution in [2.45, 2.75) is 69.5 Å². The Bertz CT molecular complexity index is 1480. The smallest absolute Gasteiger partial charge is 0.264 e. The van der Waals surface area contributed by atoms with E-state index in [9.17, 15) is 18.0 Å². The summed E-state index contributed by atoms with van der Waals surface area (Å²) in [5.41, 5.74) is 1.89. The molecule has 0 heterocycles. The molecule has 3 aromatic carbocycles. The summed E-state index contributed by atoms with van der Waals surface area (Å²) in [4.78, 5) is 29.0. The lowest BCUT2D eigenvalue weighted by Gasteiger charge is -2.33. The number of anilines is 1. The monoisotopic (exact) mass is 659 g/mol. The van der Waals surface area contributed by atoms with Crippen molar-refractivity contribution in [3.05, 3.63) is 93.4 Å². The van der Waals surface area contributed by atoms with E-state index in [0.29, 0.717) is 16.3 Å². The van der Waals surface area contributed by atoms with E-state index in [4.69, 9.17) is 11.6 Å². The van der Waals surface area contributed by atoms with E-state index in [2.05, 4.69) is 21.2 Å². The van der Waals surface area contributed by atoms with Gasteiger partial charge in [0.25, 0.3) is 10.0 Å². The molecule has 1 atom stereocenters. The quantitative estimate of drug-likeness (QED) is 0.270. The zero-order valence-corrected chi connectivity index (χ0v) is 26.4. The van der Waals surface area contributed by atoms with Crippen molar-refractivity contribution >= 4 is 55.1 Å². The Labute approximate surface area is 256 Å². The number of nitrogens with zero attached hydrogens (tertiary/aromatic N) is 2. The van der Waals surface area contributed by atoms with Gasteiger partial charge in [-0.25, -0.2) is 8.42 Å². The standard InChI is InChI=1S/C31H35BrClN3O4S/c1-22-9-6-7-14-29(22)36(41(39,40)28-17-15-26(33)16-18-28)21-30(37)35(20-24-10-8-11-25(32)19-24)23(2)31(38)34-27-12-4-3-5-13-27/h6-11,14-19,23,27H,3-5,12-13,20-21H2,1-2H3,(H,34,38)/t23-/m0/s1.